The van der Waals surface area contributed by atoms with Crippen LogP contribution in [0.5, 0.6) is 11.5 Å². The molecule has 8 heteroatoms. The van der Waals surface area contributed by atoms with Gasteiger partial charge in [0, 0.05) is 30.7 Å². The van der Waals surface area contributed by atoms with E-state index in [9.17, 15) is 8.42 Å². The molecular formula is C23H18ClN3O3S. The van der Waals surface area contributed by atoms with Gasteiger partial charge in [-0.15, -0.1) is 0 Å². The van der Waals surface area contributed by atoms with Crippen LogP contribution in [0.15, 0.2) is 96.3 Å². The van der Waals surface area contributed by atoms with Gasteiger partial charge in [0.1, 0.15) is 11.5 Å². The topological polar surface area (TPSA) is 81.2 Å². The summed E-state index contributed by atoms with van der Waals surface area (Å²) < 4.78 is 33.7. The van der Waals surface area contributed by atoms with Crippen molar-refractivity contribution in [3.8, 4) is 22.8 Å². The second-order valence-corrected chi connectivity index (χ2v) is 8.79. The first kappa shape index (κ1) is 21.0. The summed E-state index contributed by atoms with van der Waals surface area (Å²) in [6, 6.07) is 20.5. The average Bonchev–Trinajstić information content (AvgIpc) is 2.80. The van der Waals surface area contributed by atoms with Crippen molar-refractivity contribution >= 4 is 21.6 Å². The molecule has 0 unspecified atom stereocenters. The number of nitrogens with one attached hydrogen (secondary N) is 1. The van der Waals surface area contributed by atoms with E-state index in [4.69, 9.17) is 16.3 Å². The van der Waals surface area contributed by atoms with Gasteiger partial charge in [-0.1, -0.05) is 23.7 Å². The fourth-order valence-corrected chi connectivity index (χ4v) is 4.06. The molecule has 2 heterocycles. The van der Waals surface area contributed by atoms with E-state index in [1.807, 2.05) is 24.3 Å². The fourth-order valence-electron chi connectivity index (χ4n) is 2.87. The van der Waals surface area contributed by atoms with Crippen LogP contribution in [0.1, 0.15) is 5.56 Å². The molecule has 0 bridgehead atoms. The first-order chi connectivity index (χ1) is 15.0. The third-order valence-electron chi connectivity index (χ3n) is 4.47. The molecule has 4 aromatic rings. The third kappa shape index (κ3) is 5.27. The van der Waals surface area contributed by atoms with Crippen LogP contribution in [0, 0.1) is 0 Å². The van der Waals surface area contributed by atoms with Crippen molar-refractivity contribution in [2.24, 2.45) is 0 Å². The van der Waals surface area contributed by atoms with Crippen molar-refractivity contribution in [2.75, 3.05) is 0 Å². The summed E-state index contributed by atoms with van der Waals surface area (Å²) in [6.45, 7) is 0.140. The lowest BCUT2D eigenvalue weighted by Gasteiger charge is -2.10. The summed E-state index contributed by atoms with van der Waals surface area (Å²) in [5.74, 6) is 0.990. The zero-order valence-corrected chi connectivity index (χ0v) is 17.8. The number of aromatic nitrogens is 2. The third-order valence-corrected chi connectivity index (χ3v) is 6.19. The number of ether oxygens (including phenoxy) is 1. The fraction of sp³-hybridized carbons (Fsp3) is 0.0435. The Labute approximate surface area is 185 Å². The van der Waals surface area contributed by atoms with Gasteiger partial charge in [-0.3, -0.25) is 9.97 Å². The number of pyridine rings is 2. The summed E-state index contributed by atoms with van der Waals surface area (Å²) in [7, 11) is -3.70. The van der Waals surface area contributed by atoms with Gasteiger partial charge in [0.2, 0.25) is 10.0 Å². The van der Waals surface area contributed by atoms with E-state index in [0.29, 0.717) is 16.5 Å². The lowest BCUT2D eigenvalue weighted by molar-refractivity contribution is 0.482. The van der Waals surface area contributed by atoms with Gasteiger partial charge in [0.25, 0.3) is 0 Å². The van der Waals surface area contributed by atoms with Crippen molar-refractivity contribution < 1.29 is 13.2 Å². The van der Waals surface area contributed by atoms with Gasteiger partial charge >= 0.3 is 0 Å². The molecule has 0 fully saturated rings. The van der Waals surface area contributed by atoms with Crippen LogP contribution in [0.4, 0.5) is 0 Å². The quantitative estimate of drug-likeness (QED) is 0.424. The maximum absolute atomic E-state index is 12.7. The highest BCUT2D eigenvalue weighted by atomic mass is 35.5. The van der Waals surface area contributed by atoms with Gasteiger partial charge in [-0.2, -0.15) is 0 Å². The van der Waals surface area contributed by atoms with Gasteiger partial charge in [-0.05, 0) is 66.2 Å². The minimum Gasteiger partial charge on any atom is -0.456 e. The van der Waals surface area contributed by atoms with Gasteiger partial charge < -0.3 is 4.74 Å². The molecule has 2 aromatic carbocycles. The van der Waals surface area contributed by atoms with Crippen LogP contribution in [-0.4, -0.2) is 18.4 Å². The normalized spacial score (nSPS) is 11.3. The summed E-state index contributed by atoms with van der Waals surface area (Å²) in [5.41, 5.74) is 2.46. The smallest absolute Gasteiger partial charge is 0.240 e. The van der Waals surface area contributed by atoms with Crippen LogP contribution >= 0.6 is 11.6 Å². The molecule has 0 amide bonds. The van der Waals surface area contributed by atoms with E-state index >= 15 is 0 Å². The number of sulfonamides is 1. The summed E-state index contributed by atoms with van der Waals surface area (Å²) in [4.78, 5) is 8.47. The molecule has 1 N–H and O–H groups in total. The van der Waals surface area contributed by atoms with Crippen molar-refractivity contribution in [1.29, 1.82) is 0 Å². The van der Waals surface area contributed by atoms with E-state index in [1.165, 1.54) is 12.1 Å². The van der Waals surface area contributed by atoms with Crippen molar-refractivity contribution in [1.82, 2.24) is 14.7 Å². The van der Waals surface area contributed by atoms with Gasteiger partial charge in [-0.25, -0.2) is 13.1 Å². The van der Waals surface area contributed by atoms with E-state index in [1.54, 1.807) is 55.0 Å². The molecule has 156 valence electrons. The van der Waals surface area contributed by atoms with E-state index in [-0.39, 0.29) is 11.4 Å². The number of para-hydroxylation sites is 1. The minimum absolute atomic E-state index is 0.140. The van der Waals surface area contributed by atoms with Crippen LogP contribution in [-0.2, 0) is 16.6 Å². The zero-order valence-electron chi connectivity index (χ0n) is 16.3. The van der Waals surface area contributed by atoms with Crippen molar-refractivity contribution in [3.05, 3.63) is 102 Å². The predicted molar refractivity (Wildman–Crippen MR) is 119 cm³/mol. The van der Waals surface area contributed by atoms with Crippen molar-refractivity contribution in [3.63, 3.8) is 0 Å². The molecule has 0 saturated heterocycles. The number of hydrogen-bond acceptors (Lipinski definition) is 5. The second kappa shape index (κ2) is 9.26. The van der Waals surface area contributed by atoms with E-state index in [0.717, 1.165) is 16.8 Å². The Kier molecular flexibility index (Phi) is 6.27. The minimum atomic E-state index is -3.70. The van der Waals surface area contributed by atoms with E-state index < -0.39 is 10.0 Å². The van der Waals surface area contributed by atoms with Gasteiger partial charge in [0.15, 0.2) is 0 Å². The maximum Gasteiger partial charge on any atom is 0.240 e. The first-order valence-corrected chi connectivity index (χ1v) is 11.2. The lowest BCUT2D eigenvalue weighted by Crippen LogP contribution is -2.23. The molecule has 4 rings (SSSR count). The molecule has 0 spiro atoms. The monoisotopic (exact) mass is 451 g/mol. The van der Waals surface area contributed by atoms with Crippen LogP contribution in [0.25, 0.3) is 11.3 Å². The zero-order chi connectivity index (χ0) is 21.7. The summed E-state index contributed by atoms with van der Waals surface area (Å²) >= 11 is 6.09. The van der Waals surface area contributed by atoms with Crippen LogP contribution in [0.2, 0.25) is 5.02 Å². The number of halogens is 1. The molecule has 31 heavy (non-hydrogen) atoms. The summed E-state index contributed by atoms with van der Waals surface area (Å²) in [5, 5.41) is 0.476. The number of benzene rings is 2. The summed E-state index contributed by atoms with van der Waals surface area (Å²) in [6.07, 6.45) is 5.03. The molecule has 0 radical (unpaired) electrons. The molecule has 0 atom stereocenters. The Hall–Kier alpha value is -3.26. The lowest BCUT2D eigenvalue weighted by atomic mass is 10.1. The highest BCUT2D eigenvalue weighted by Crippen LogP contribution is 2.29. The highest BCUT2D eigenvalue weighted by molar-refractivity contribution is 7.89. The Balaban J connectivity index is 1.44. The Morgan fingerprint density at radius 1 is 0.903 bits per heavy atom. The highest BCUT2D eigenvalue weighted by Gasteiger charge is 2.14. The second-order valence-electron chi connectivity index (χ2n) is 6.61. The number of rotatable bonds is 7. The predicted octanol–water partition coefficient (Wildman–Crippen LogP) is 5.07. The van der Waals surface area contributed by atoms with Crippen LogP contribution < -0.4 is 9.46 Å². The molecule has 2 aromatic heterocycles. The number of hydrogen-bond donors (Lipinski definition) is 1. The molecule has 0 saturated carbocycles. The first-order valence-electron chi connectivity index (χ1n) is 9.39. The maximum atomic E-state index is 12.7. The Morgan fingerprint density at radius 3 is 2.39 bits per heavy atom. The molecule has 6 nitrogen and oxygen atoms in total. The Bertz CT molecular complexity index is 1280. The van der Waals surface area contributed by atoms with E-state index in [2.05, 4.69) is 14.7 Å². The molecule has 0 aliphatic rings. The van der Waals surface area contributed by atoms with Crippen molar-refractivity contribution in [2.45, 2.75) is 11.4 Å². The number of nitrogens with zero attached hydrogens (tertiary/aromatic N) is 2. The van der Waals surface area contributed by atoms with Gasteiger partial charge in [0.05, 0.1) is 15.6 Å². The largest absolute Gasteiger partial charge is 0.456 e. The SMILES string of the molecule is O=S(=O)(NCc1ccnc(-c2ccncc2)c1)c1ccc(Oc2ccccc2Cl)cc1. The standard InChI is InChI=1S/C23H18ClN3O3S/c24-21-3-1-2-4-23(21)30-19-5-7-20(8-6-19)31(28,29)27-16-17-9-14-26-22(15-17)18-10-12-25-13-11-18/h1-15,27H,16H2. The molecular weight excluding hydrogens is 434 g/mol. The average molecular weight is 452 g/mol. The van der Waals surface area contributed by atoms with Crippen LogP contribution in [0.3, 0.4) is 0 Å². The Morgan fingerprint density at radius 2 is 1.65 bits per heavy atom. The molecule has 0 aliphatic carbocycles. The molecule has 0 aliphatic heterocycles.